The summed E-state index contributed by atoms with van der Waals surface area (Å²) in [5.41, 5.74) is 0.148. The van der Waals surface area contributed by atoms with E-state index >= 15 is 0 Å². The molecule has 26 heavy (non-hydrogen) atoms. The number of nitrogens with zero attached hydrogens (tertiary/aromatic N) is 6. The number of hydrogen-bond donors (Lipinski definition) is 2. The van der Waals surface area contributed by atoms with Gasteiger partial charge < -0.3 is 4.98 Å². The molecule has 3 heterocycles. The number of H-pyrrole nitrogens is 2. The van der Waals surface area contributed by atoms with Crippen LogP contribution in [0.2, 0.25) is 0 Å². The zero-order valence-electron chi connectivity index (χ0n) is 13.0. The monoisotopic (exact) mass is 356 g/mol. The molecule has 0 spiro atoms. The van der Waals surface area contributed by atoms with Crippen molar-refractivity contribution in [1.82, 2.24) is 40.4 Å². The van der Waals surface area contributed by atoms with E-state index in [1.54, 1.807) is 24.3 Å². The van der Waals surface area contributed by atoms with Crippen LogP contribution in [0.15, 0.2) is 41.3 Å². The lowest BCUT2D eigenvalue weighted by Gasteiger charge is -2.06. The van der Waals surface area contributed by atoms with Gasteiger partial charge >= 0.3 is 0 Å². The first kappa shape index (κ1) is 15.7. The summed E-state index contributed by atoms with van der Waals surface area (Å²) < 4.78 is 28.6. The Morgan fingerprint density at radius 1 is 1.15 bits per heavy atom. The molecule has 0 radical (unpaired) electrons. The molecule has 11 heteroatoms. The molecule has 1 aromatic carbocycles. The Kier molecular flexibility index (Phi) is 3.80. The molecule has 0 saturated carbocycles. The van der Waals surface area contributed by atoms with Gasteiger partial charge in [0.05, 0.1) is 12.7 Å². The van der Waals surface area contributed by atoms with Gasteiger partial charge in [-0.3, -0.25) is 9.48 Å². The van der Waals surface area contributed by atoms with Gasteiger partial charge in [0.15, 0.2) is 5.82 Å². The second-order valence-corrected chi connectivity index (χ2v) is 5.31. The maximum atomic E-state index is 14.0. The van der Waals surface area contributed by atoms with Crippen LogP contribution in [0.25, 0.3) is 23.0 Å². The molecule has 0 saturated heterocycles. The number of tetrazole rings is 1. The first-order chi connectivity index (χ1) is 12.6. The predicted molar refractivity (Wildman–Crippen MR) is 84.7 cm³/mol. The number of aromatic nitrogens is 8. The topological polar surface area (TPSA) is 118 Å². The molecule has 0 aliphatic rings. The van der Waals surface area contributed by atoms with Crippen molar-refractivity contribution in [2.45, 2.75) is 6.54 Å². The van der Waals surface area contributed by atoms with E-state index in [4.69, 9.17) is 0 Å². The number of halogens is 2. The van der Waals surface area contributed by atoms with Crippen LogP contribution in [0.5, 0.6) is 0 Å². The Morgan fingerprint density at radius 3 is 2.73 bits per heavy atom. The third kappa shape index (κ3) is 2.85. The Bertz CT molecular complexity index is 1120. The van der Waals surface area contributed by atoms with Crippen molar-refractivity contribution in [3.05, 3.63) is 64.1 Å². The fraction of sp³-hybridized carbons (Fsp3) is 0.0667. The van der Waals surface area contributed by atoms with Gasteiger partial charge in [-0.1, -0.05) is 18.2 Å². The zero-order valence-corrected chi connectivity index (χ0v) is 13.0. The van der Waals surface area contributed by atoms with Crippen LogP contribution in [-0.2, 0) is 6.54 Å². The van der Waals surface area contributed by atoms with Crippen LogP contribution in [0, 0.1) is 11.6 Å². The van der Waals surface area contributed by atoms with Crippen LogP contribution in [-0.4, -0.2) is 40.4 Å². The number of aromatic amines is 2. The second kappa shape index (κ2) is 6.27. The molecule has 0 amide bonds. The van der Waals surface area contributed by atoms with Gasteiger partial charge in [-0.15, -0.1) is 10.2 Å². The highest BCUT2D eigenvalue weighted by atomic mass is 19.1. The van der Waals surface area contributed by atoms with Gasteiger partial charge in [-0.2, -0.15) is 14.7 Å². The van der Waals surface area contributed by atoms with E-state index in [1.807, 2.05) is 0 Å². The minimum Gasteiger partial charge on any atom is -0.303 e. The van der Waals surface area contributed by atoms with E-state index < -0.39 is 17.2 Å². The second-order valence-electron chi connectivity index (χ2n) is 5.31. The molecule has 9 nitrogen and oxygen atoms in total. The van der Waals surface area contributed by atoms with E-state index in [-0.39, 0.29) is 23.9 Å². The highest BCUT2D eigenvalue weighted by Gasteiger charge is 2.17. The third-order valence-corrected chi connectivity index (χ3v) is 3.63. The minimum absolute atomic E-state index is 0.0634. The van der Waals surface area contributed by atoms with Gasteiger partial charge in [0.2, 0.25) is 11.6 Å². The lowest BCUT2D eigenvalue weighted by Crippen LogP contribution is -2.12. The molecule has 0 fully saturated rings. The van der Waals surface area contributed by atoms with Crippen LogP contribution in [0.1, 0.15) is 5.56 Å². The first-order valence-corrected chi connectivity index (χ1v) is 7.42. The SMILES string of the molecule is O=c1[nH]c(-c2cc(-c3nn[nH]n3)n(Cc3ccccc3F)n2)ncc1F. The van der Waals surface area contributed by atoms with Crippen molar-refractivity contribution in [2.24, 2.45) is 0 Å². The number of nitrogens with one attached hydrogen (secondary N) is 2. The molecule has 0 aliphatic carbocycles. The van der Waals surface area contributed by atoms with E-state index in [9.17, 15) is 13.6 Å². The fourth-order valence-electron chi connectivity index (χ4n) is 2.40. The summed E-state index contributed by atoms with van der Waals surface area (Å²) in [4.78, 5) is 17.6. The third-order valence-electron chi connectivity index (χ3n) is 3.63. The smallest absolute Gasteiger partial charge is 0.287 e. The maximum absolute atomic E-state index is 14.0. The number of rotatable bonds is 4. The van der Waals surface area contributed by atoms with Crippen molar-refractivity contribution in [3.63, 3.8) is 0 Å². The lowest BCUT2D eigenvalue weighted by molar-refractivity contribution is 0.586. The van der Waals surface area contributed by atoms with Gasteiger partial charge in [0.1, 0.15) is 17.2 Å². The standard InChI is InChI=1S/C15H10F2N8O/c16-9-4-2-1-3-8(9)7-25-12(14-20-23-24-21-14)5-11(22-25)13-18-6-10(17)15(26)19-13/h1-6H,7H2,(H,18,19,26)(H,20,21,23,24). The average molecular weight is 356 g/mol. The summed E-state index contributed by atoms with van der Waals surface area (Å²) >= 11 is 0. The molecule has 0 aliphatic heterocycles. The zero-order chi connectivity index (χ0) is 18.1. The molecule has 2 N–H and O–H groups in total. The number of hydrogen-bond acceptors (Lipinski definition) is 6. The Morgan fingerprint density at radius 2 is 2.00 bits per heavy atom. The minimum atomic E-state index is -1.00. The molecule has 0 bridgehead atoms. The highest BCUT2D eigenvalue weighted by Crippen LogP contribution is 2.22. The van der Waals surface area contributed by atoms with Crippen molar-refractivity contribution in [3.8, 4) is 23.0 Å². The first-order valence-electron chi connectivity index (χ1n) is 7.42. The largest absolute Gasteiger partial charge is 0.303 e. The highest BCUT2D eigenvalue weighted by molar-refractivity contribution is 5.60. The van der Waals surface area contributed by atoms with Gasteiger partial charge in [-0.25, -0.2) is 9.37 Å². The molecular formula is C15H10F2N8O. The van der Waals surface area contributed by atoms with Crippen LogP contribution >= 0.6 is 0 Å². The van der Waals surface area contributed by atoms with Crippen molar-refractivity contribution < 1.29 is 8.78 Å². The van der Waals surface area contributed by atoms with E-state index in [0.717, 1.165) is 6.20 Å². The molecule has 0 unspecified atom stereocenters. The Hall–Kier alpha value is -3.76. The summed E-state index contributed by atoms with van der Waals surface area (Å²) in [6.45, 7) is 0.0853. The van der Waals surface area contributed by atoms with Crippen LogP contribution in [0.4, 0.5) is 8.78 Å². The molecule has 4 aromatic rings. The van der Waals surface area contributed by atoms with E-state index in [0.29, 0.717) is 11.3 Å². The van der Waals surface area contributed by atoms with E-state index in [1.165, 1.54) is 10.7 Å². The van der Waals surface area contributed by atoms with Gasteiger partial charge in [-0.05, 0) is 17.3 Å². The summed E-state index contributed by atoms with van der Waals surface area (Å²) in [6, 6.07) is 7.79. The lowest BCUT2D eigenvalue weighted by atomic mass is 10.2. The van der Waals surface area contributed by atoms with Crippen LogP contribution in [0.3, 0.4) is 0 Å². The van der Waals surface area contributed by atoms with Crippen molar-refractivity contribution in [2.75, 3.05) is 0 Å². The summed E-state index contributed by atoms with van der Waals surface area (Å²) in [5, 5.41) is 17.9. The average Bonchev–Trinajstić information content (AvgIpc) is 3.29. The molecule has 4 rings (SSSR count). The molecule has 3 aromatic heterocycles. The summed E-state index contributed by atoms with van der Waals surface area (Å²) in [5.74, 6) is -1.10. The molecule has 130 valence electrons. The van der Waals surface area contributed by atoms with Gasteiger partial charge in [0, 0.05) is 5.56 Å². The van der Waals surface area contributed by atoms with Crippen molar-refractivity contribution in [1.29, 1.82) is 0 Å². The van der Waals surface area contributed by atoms with Gasteiger partial charge in [0.25, 0.3) is 5.56 Å². The predicted octanol–water partition coefficient (Wildman–Crippen LogP) is 1.14. The Balaban J connectivity index is 1.82. The normalized spacial score (nSPS) is 11.0. The molecule has 0 atom stereocenters. The fourth-order valence-corrected chi connectivity index (χ4v) is 2.40. The van der Waals surface area contributed by atoms with Crippen molar-refractivity contribution >= 4 is 0 Å². The van der Waals surface area contributed by atoms with E-state index in [2.05, 4.69) is 35.7 Å². The number of benzene rings is 1. The summed E-state index contributed by atoms with van der Waals surface area (Å²) in [6.07, 6.45) is 0.804. The maximum Gasteiger partial charge on any atom is 0.287 e. The Labute approximate surface area is 143 Å². The molecular weight excluding hydrogens is 346 g/mol. The van der Waals surface area contributed by atoms with Crippen LogP contribution < -0.4 is 5.56 Å². The summed E-state index contributed by atoms with van der Waals surface area (Å²) in [7, 11) is 0. The quantitative estimate of drug-likeness (QED) is 0.566.